The van der Waals surface area contributed by atoms with Crippen LogP contribution in [0.5, 0.6) is 11.6 Å². The van der Waals surface area contributed by atoms with Gasteiger partial charge in [0.15, 0.2) is 11.5 Å². The maximum Gasteiger partial charge on any atom is 0.336 e. The van der Waals surface area contributed by atoms with Crippen LogP contribution >= 0.6 is 0 Å². The molecule has 15 heteroatoms. The number of imidazole rings is 1. The van der Waals surface area contributed by atoms with Gasteiger partial charge in [0, 0.05) is 34.7 Å². The predicted octanol–water partition coefficient (Wildman–Crippen LogP) is 4.37. The normalized spacial score (nSPS) is 11.3. The van der Waals surface area contributed by atoms with Crippen molar-refractivity contribution < 1.29 is 37.7 Å². The standard InChI is InChI=1S/C34H22F2N6O7/c35-22-8-20-26(10-24(22)43)49-27-11-25(44)23(36)9-21(27)28(20)18-6-5-17(7-19(18)33(46)47)31(45)38-12-15-1-3-16(4-2-15)13-48-32-29-30(40-14-39-29)41-34(37)42-32/h1-11,14,43H,12-13H2,(H,38,45)(H,46,47)(H3,37,39,40,41,42)/p-1. The van der Waals surface area contributed by atoms with Crippen LogP contribution in [0.1, 0.15) is 31.8 Å². The predicted molar refractivity (Wildman–Crippen MR) is 169 cm³/mol. The van der Waals surface area contributed by atoms with Gasteiger partial charge in [0.05, 0.1) is 11.9 Å². The Kier molecular flexibility index (Phi) is 7.55. The first kappa shape index (κ1) is 30.7. The topological polar surface area (TPSA) is 209 Å². The van der Waals surface area contributed by atoms with Gasteiger partial charge in [-0.2, -0.15) is 9.97 Å². The minimum Gasteiger partial charge on any atom is -0.870 e. The van der Waals surface area contributed by atoms with Crippen LogP contribution in [0.2, 0.25) is 0 Å². The van der Waals surface area contributed by atoms with E-state index in [9.17, 15) is 33.4 Å². The summed E-state index contributed by atoms with van der Waals surface area (Å²) in [5.41, 5.74) is 6.55. The number of amides is 1. The molecule has 5 N–H and O–H groups in total. The number of hydrogen-bond acceptors (Lipinski definition) is 10. The van der Waals surface area contributed by atoms with Crippen molar-refractivity contribution >= 4 is 40.0 Å². The molecular formula is C34H21F2N6O7-. The van der Waals surface area contributed by atoms with E-state index in [4.69, 9.17) is 14.9 Å². The molecule has 7 rings (SSSR count). The molecule has 13 nitrogen and oxygen atoms in total. The maximum absolute atomic E-state index is 14.5. The Morgan fingerprint density at radius 3 is 2.53 bits per heavy atom. The number of fused-ring (bicyclic) bond motifs is 3. The molecule has 1 aliphatic heterocycles. The van der Waals surface area contributed by atoms with Gasteiger partial charge in [-0.15, -0.1) is 0 Å². The van der Waals surface area contributed by atoms with Gasteiger partial charge in [0.2, 0.25) is 17.3 Å². The lowest BCUT2D eigenvalue weighted by Gasteiger charge is -2.19. The monoisotopic (exact) mass is 663 g/mol. The Labute approximate surface area is 273 Å². The maximum atomic E-state index is 14.5. The third-order valence-electron chi connectivity index (χ3n) is 7.73. The molecule has 0 atom stereocenters. The van der Waals surface area contributed by atoms with Gasteiger partial charge in [0.1, 0.15) is 29.3 Å². The fourth-order valence-electron chi connectivity index (χ4n) is 5.38. The number of ether oxygens (including phenoxy) is 1. The number of nitrogens with zero attached hydrogens (tertiary/aromatic N) is 3. The molecule has 2 aromatic heterocycles. The van der Waals surface area contributed by atoms with Crippen molar-refractivity contribution in [3.05, 3.63) is 117 Å². The van der Waals surface area contributed by atoms with Gasteiger partial charge in [-0.1, -0.05) is 36.1 Å². The fourth-order valence-corrected chi connectivity index (χ4v) is 5.38. The first-order valence-corrected chi connectivity index (χ1v) is 14.5. The lowest BCUT2D eigenvalue weighted by atomic mass is 9.89. The number of carbonyl (C=O) groups is 2. The molecule has 244 valence electrons. The molecule has 1 amide bonds. The number of anilines is 1. The molecule has 49 heavy (non-hydrogen) atoms. The van der Waals surface area contributed by atoms with Crippen LogP contribution < -0.4 is 26.3 Å². The number of benzene rings is 4. The SMILES string of the molecule is Nc1nc(OCc2ccc(CNC(=O)c3ccc(-c4c5cc(F)c(=O)cc-5oc5cc([O-])c(F)cc45)c(C(=O)O)c3)cc2)c2[nH]cnc2n1. The molecule has 0 spiro atoms. The highest BCUT2D eigenvalue weighted by molar-refractivity contribution is 6.09. The second-order valence-electron chi connectivity index (χ2n) is 10.9. The number of aromatic nitrogens is 4. The van der Waals surface area contributed by atoms with Crippen molar-refractivity contribution in [3.63, 3.8) is 0 Å². The number of carboxylic acid groups (broad SMARTS) is 1. The Bertz CT molecular complexity index is 2480. The zero-order chi connectivity index (χ0) is 34.4. The van der Waals surface area contributed by atoms with Gasteiger partial charge < -0.3 is 35.4 Å². The van der Waals surface area contributed by atoms with Crippen molar-refractivity contribution in [2.24, 2.45) is 0 Å². The van der Waals surface area contributed by atoms with E-state index in [0.717, 1.165) is 41.5 Å². The van der Waals surface area contributed by atoms with Crippen LogP contribution in [0.3, 0.4) is 0 Å². The Morgan fingerprint density at radius 1 is 0.980 bits per heavy atom. The average Bonchev–Trinajstić information content (AvgIpc) is 3.55. The number of nitrogens with two attached hydrogens (primary N) is 1. The molecule has 0 radical (unpaired) electrons. The van der Waals surface area contributed by atoms with Crippen LogP contribution in [0.4, 0.5) is 14.7 Å². The highest BCUT2D eigenvalue weighted by Crippen LogP contribution is 2.42. The fraction of sp³-hybridized carbons (Fsp3) is 0.0588. The van der Waals surface area contributed by atoms with E-state index in [2.05, 4.69) is 25.3 Å². The van der Waals surface area contributed by atoms with E-state index in [0.29, 0.717) is 11.2 Å². The third-order valence-corrected chi connectivity index (χ3v) is 7.73. The minimum absolute atomic E-state index is 0.000334. The molecule has 3 aromatic carbocycles. The lowest BCUT2D eigenvalue weighted by Crippen LogP contribution is -2.23. The van der Waals surface area contributed by atoms with Gasteiger partial charge in [-0.25, -0.2) is 18.6 Å². The summed E-state index contributed by atoms with van der Waals surface area (Å²) in [7, 11) is 0. The Balaban J connectivity index is 1.13. The van der Waals surface area contributed by atoms with Gasteiger partial charge in [0.25, 0.3) is 5.91 Å². The highest BCUT2D eigenvalue weighted by atomic mass is 19.1. The summed E-state index contributed by atoms with van der Waals surface area (Å²) in [5.74, 6) is -5.20. The van der Waals surface area contributed by atoms with Crippen LogP contribution in [0.25, 0.3) is 44.6 Å². The van der Waals surface area contributed by atoms with Gasteiger partial charge in [-0.3, -0.25) is 9.59 Å². The number of hydrogen-bond donors (Lipinski definition) is 4. The minimum atomic E-state index is -1.44. The smallest absolute Gasteiger partial charge is 0.336 e. The molecule has 2 aliphatic rings. The number of aromatic amines is 1. The van der Waals surface area contributed by atoms with Crippen LogP contribution in [0.15, 0.2) is 82.3 Å². The quantitative estimate of drug-likeness (QED) is 0.168. The van der Waals surface area contributed by atoms with Crippen molar-refractivity contribution in [3.8, 4) is 34.1 Å². The molecule has 0 bridgehead atoms. The highest BCUT2D eigenvalue weighted by Gasteiger charge is 2.24. The van der Waals surface area contributed by atoms with Crippen LogP contribution in [-0.2, 0) is 13.2 Å². The molecule has 5 aromatic rings. The summed E-state index contributed by atoms with van der Waals surface area (Å²) in [6.07, 6.45) is 1.45. The van der Waals surface area contributed by atoms with E-state index < -0.39 is 34.7 Å². The number of nitrogens with one attached hydrogen (secondary N) is 2. The molecule has 0 saturated heterocycles. The molecular weight excluding hydrogens is 642 g/mol. The third kappa shape index (κ3) is 5.80. The van der Waals surface area contributed by atoms with E-state index >= 15 is 0 Å². The van der Waals surface area contributed by atoms with E-state index in [1.807, 2.05) is 0 Å². The van der Waals surface area contributed by atoms with Crippen molar-refractivity contribution in [2.75, 3.05) is 5.73 Å². The number of carbonyl (C=O) groups excluding carboxylic acids is 1. The number of halogens is 2. The second-order valence-corrected chi connectivity index (χ2v) is 10.9. The Morgan fingerprint density at radius 2 is 1.76 bits per heavy atom. The lowest BCUT2D eigenvalue weighted by molar-refractivity contribution is -0.272. The van der Waals surface area contributed by atoms with Crippen molar-refractivity contribution in [2.45, 2.75) is 13.2 Å². The number of carboxylic acids is 1. The van der Waals surface area contributed by atoms with E-state index in [1.54, 1.807) is 24.3 Å². The molecule has 3 heterocycles. The van der Waals surface area contributed by atoms with E-state index in [-0.39, 0.29) is 69.5 Å². The van der Waals surface area contributed by atoms with E-state index in [1.165, 1.54) is 18.5 Å². The van der Waals surface area contributed by atoms with Crippen molar-refractivity contribution in [1.82, 2.24) is 25.3 Å². The van der Waals surface area contributed by atoms with Crippen molar-refractivity contribution in [1.29, 1.82) is 0 Å². The second kappa shape index (κ2) is 12.0. The summed E-state index contributed by atoms with van der Waals surface area (Å²) in [4.78, 5) is 52.7. The molecule has 0 fully saturated rings. The summed E-state index contributed by atoms with van der Waals surface area (Å²) in [6.45, 7) is 0.265. The van der Waals surface area contributed by atoms with Crippen LogP contribution in [-0.4, -0.2) is 36.9 Å². The first-order chi connectivity index (χ1) is 23.5. The van der Waals surface area contributed by atoms with Gasteiger partial charge >= 0.3 is 5.97 Å². The summed E-state index contributed by atoms with van der Waals surface area (Å²) >= 11 is 0. The molecule has 1 aliphatic carbocycles. The van der Waals surface area contributed by atoms with Gasteiger partial charge in [-0.05, 0) is 47.0 Å². The number of aromatic carboxylic acids is 1. The zero-order valence-electron chi connectivity index (χ0n) is 24.9. The Hall–Kier alpha value is -6.90. The molecule has 0 unspecified atom stereocenters. The number of nitrogen functional groups attached to an aromatic ring is 1. The number of H-pyrrole nitrogens is 1. The summed E-state index contributed by atoms with van der Waals surface area (Å²) in [5, 5.41) is 24.9. The number of rotatable bonds is 8. The first-order valence-electron chi connectivity index (χ1n) is 14.5. The average molecular weight is 664 g/mol. The van der Waals surface area contributed by atoms with Crippen LogP contribution in [0, 0.1) is 11.6 Å². The summed E-state index contributed by atoms with van der Waals surface area (Å²) < 4.78 is 40.3. The zero-order valence-corrected chi connectivity index (χ0v) is 24.9. The largest absolute Gasteiger partial charge is 0.870 e. The summed E-state index contributed by atoms with van der Waals surface area (Å²) in [6, 6.07) is 14.4. The molecule has 0 saturated carbocycles.